The normalized spacial score (nSPS) is 25.6. The molecule has 0 radical (unpaired) electrons. The molecule has 3 heterocycles. The minimum atomic E-state index is -1.20. The van der Waals surface area contributed by atoms with E-state index in [9.17, 15) is 24.3 Å². The molecule has 1 saturated heterocycles. The van der Waals surface area contributed by atoms with Crippen LogP contribution >= 0.6 is 15.9 Å². The minimum absolute atomic E-state index is 0.0890. The molecule has 2 aromatic rings. The number of piperidine rings is 1. The third-order valence-electron chi connectivity index (χ3n) is 6.60. The number of rotatable bonds is 4. The Morgan fingerprint density at radius 3 is 2.44 bits per heavy atom. The Morgan fingerprint density at radius 2 is 1.81 bits per heavy atom. The molecular formula is C22H19BrN4O5. The lowest BCUT2D eigenvalue weighted by Gasteiger charge is -2.24. The Bertz CT molecular complexity index is 1170. The van der Waals surface area contributed by atoms with Gasteiger partial charge in [-0.15, -0.1) is 0 Å². The van der Waals surface area contributed by atoms with Gasteiger partial charge in [0.1, 0.15) is 16.5 Å². The van der Waals surface area contributed by atoms with Gasteiger partial charge in [0.25, 0.3) is 11.8 Å². The summed E-state index contributed by atoms with van der Waals surface area (Å²) < 4.78 is 0.546. The number of nitrogens with one attached hydrogen (secondary N) is 1. The summed E-state index contributed by atoms with van der Waals surface area (Å²) >= 11 is 3.27. The highest BCUT2D eigenvalue weighted by atomic mass is 79.9. The number of pyridine rings is 1. The van der Waals surface area contributed by atoms with E-state index in [1.807, 2.05) is 0 Å². The average molecular weight is 499 g/mol. The van der Waals surface area contributed by atoms with Crippen LogP contribution in [0.25, 0.3) is 0 Å². The van der Waals surface area contributed by atoms with Crippen LogP contribution in [0.1, 0.15) is 39.1 Å². The lowest BCUT2D eigenvalue weighted by atomic mass is 9.98. The summed E-state index contributed by atoms with van der Waals surface area (Å²) in [4.78, 5) is 57.2. The van der Waals surface area contributed by atoms with E-state index in [4.69, 9.17) is 0 Å². The lowest BCUT2D eigenvalue weighted by Crippen LogP contribution is -2.45. The van der Waals surface area contributed by atoms with Crippen molar-refractivity contribution in [2.45, 2.75) is 31.8 Å². The molecule has 4 amide bonds. The van der Waals surface area contributed by atoms with Crippen molar-refractivity contribution in [1.29, 1.82) is 0 Å². The first-order chi connectivity index (χ1) is 15.2. The lowest BCUT2D eigenvalue weighted by molar-refractivity contribution is -0.120. The van der Waals surface area contributed by atoms with Gasteiger partial charge in [-0.05, 0) is 59.5 Å². The maximum atomic E-state index is 13.0. The Hall–Kier alpha value is -3.27. The molecule has 32 heavy (non-hydrogen) atoms. The highest BCUT2D eigenvalue weighted by Gasteiger charge is 2.68. The van der Waals surface area contributed by atoms with Gasteiger partial charge in [-0.1, -0.05) is 18.2 Å². The molecule has 10 heteroatoms. The molecule has 1 aliphatic carbocycles. The van der Waals surface area contributed by atoms with Gasteiger partial charge < -0.3 is 10.4 Å². The monoisotopic (exact) mass is 498 g/mol. The molecule has 1 aromatic carbocycles. The molecule has 1 aromatic heterocycles. The number of imide groups is 1. The van der Waals surface area contributed by atoms with Gasteiger partial charge in [-0.25, -0.2) is 9.78 Å². The van der Waals surface area contributed by atoms with E-state index in [0.717, 1.165) is 10.5 Å². The van der Waals surface area contributed by atoms with E-state index in [2.05, 4.69) is 26.2 Å². The van der Waals surface area contributed by atoms with Crippen molar-refractivity contribution in [3.63, 3.8) is 0 Å². The largest absolute Gasteiger partial charge is 0.465 e. The Kier molecular flexibility index (Phi) is 4.59. The zero-order valence-corrected chi connectivity index (χ0v) is 18.6. The van der Waals surface area contributed by atoms with Crippen molar-refractivity contribution < 1.29 is 24.3 Å². The van der Waals surface area contributed by atoms with Crippen LogP contribution in [-0.2, 0) is 4.79 Å². The van der Waals surface area contributed by atoms with E-state index in [-0.39, 0.29) is 24.8 Å². The first kappa shape index (κ1) is 20.6. The molecule has 3 aliphatic rings. The van der Waals surface area contributed by atoms with Crippen LogP contribution in [-0.4, -0.2) is 62.3 Å². The van der Waals surface area contributed by atoms with E-state index in [0.29, 0.717) is 28.0 Å². The van der Waals surface area contributed by atoms with E-state index in [1.165, 1.54) is 4.90 Å². The fourth-order valence-electron chi connectivity index (χ4n) is 4.89. The Balaban J connectivity index is 1.37. The summed E-state index contributed by atoms with van der Waals surface area (Å²) in [5.74, 6) is -0.886. The topological polar surface area (TPSA) is 120 Å². The summed E-state index contributed by atoms with van der Waals surface area (Å²) in [7, 11) is 0. The van der Waals surface area contributed by atoms with Crippen LogP contribution in [0.3, 0.4) is 0 Å². The van der Waals surface area contributed by atoms with Crippen molar-refractivity contribution in [2.75, 3.05) is 11.9 Å². The zero-order chi connectivity index (χ0) is 22.8. The van der Waals surface area contributed by atoms with Gasteiger partial charge in [0.15, 0.2) is 0 Å². The summed E-state index contributed by atoms with van der Waals surface area (Å²) in [6, 6.07) is 8.81. The molecular weight excluding hydrogens is 480 g/mol. The van der Waals surface area contributed by atoms with Crippen LogP contribution in [0.4, 0.5) is 10.6 Å². The van der Waals surface area contributed by atoms with Crippen LogP contribution in [0.5, 0.6) is 0 Å². The second-order valence-electron chi connectivity index (χ2n) is 8.52. The number of benzene rings is 1. The van der Waals surface area contributed by atoms with Crippen molar-refractivity contribution in [2.24, 2.45) is 5.41 Å². The number of hydrogen-bond acceptors (Lipinski definition) is 5. The number of nitrogens with zero attached hydrogens (tertiary/aromatic N) is 3. The maximum absolute atomic E-state index is 13.0. The molecule has 2 N–H and O–H groups in total. The summed E-state index contributed by atoms with van der Waals surface area (Å²) in [6.45, 7) is 1.88. The number of halogens is 1. The maximum Gasteiger partial charge on any atom is 0.408 e. The number of carboxylic acid groups (broad SMARTS) is 1. The van der Waals surface area contributed by atoms with E-state index >= 15 is 0 Å². The summed E-state index contributed by atoms with van der Waals surface area (Å²) in [5.41, 5.74) is 0.828. The molecule has 0 bridgehead atoms. The summed E-state index contributed by atoms with van der Waals surface area (Å²) in [5, 5.41) is 12.5. The predicted octanol–water partition coefficient (Wildman–Crippen LogP) is 2.90. The quantitative estimate of drug-likeness (QED) is 0.493. The number of aromatic nitrogens is 1. The van der Waals surface area contributed by atoms with E-state index < -0.39 is 29.5 Å². The number of anilines is 1. The van der Waals surface area contributed by atoms with Gasteiger partial charge in [-0.2, -0.15) is 0 Å². The Labute approximate surface area is 191 Å². The first-order valence-corrected chi connectivity index (χ1v) is 10.9. The highest BCUT2D eigenvalue weighted by Crippen LogP contribution is 2.60. The van der Waals surface area contributed by atoms with Crippen LogP contribution in [0.2, 0.25) is 0 Å². The fourth-order valence-corrected chi connectivity index (χ4v) is 5.20. The molecule has 0 spiro atoms. The molecule has 2 aliphatic heterocycles. The molecule has 2 fully saturated rings. The van der Waals surface area contributed by atoms with Crippen molar-refractivity contribution in [3.05, 3.63) is 57.7 Å². The first-order valence-electron chi connectivity index (χ1n) is 10.1. The third kappa shape index (κ3) is 3.09. The van der Waals surface area contributed by atoms with Gasteiger partial charge in [0.05, 0.1) is 11.1 Å². The van der Waals surface area contributed by atoms with Gasteiger partial charge >= 0.3 is 6.09 Å². The summed E-state index contributed by atoms with van der Waals surface area (Å²) in [6.07, 6.45) is -0.461. The number of aryl methyl sites for hydroxylation is 1. The predicted molar refractivity (Wildman–Crippen MR) is 116 cm³/mol. The SMILES string of the molecule is Cc1ccc(Br)nc1NC(=O)C1CC2(CN3C(=O)c4ccccc4C3=O)CC2N1C(=O)O. The van der Waals surface area contributed by atoms with Gasteiger partial charge in [0.2, 0.25) is 5.91 Å². The zero-order valence-electron chi connectivity index (χ0n) is 17.0. The fraction of sp³-hybridized carbons (Fsp3) is 0.318. The van der Waals surface area contributed by atoms with Crippen molar-refractivity contribution >= 4 is 45.6 Å². The highest BCUT2D eigenvalue weighted by molar-refractivity contribution is 9.10. The van der Waals surface area contributed by atoms with E-state index in [1.54, 1.807) is 43.3 Å². The number of carbonyl (C=O) groups excluding carboxylic acids is 3. The smallest absolute Gasteiger partial charge is 0.408 e. The number of fused-ring (bicyclic) bond motifs is 2. The second kappa shape index (κ2) is 7.13. The van der Waals surface area contributed by atoms with Crippen molar-refractivity contribution in [3.8, 4) is 0 Å². The number of hydrogen-bond donors (Lipinski definition) is 2. The minimum Gasteiger partial charge on any atom is -0.465 e. The molecule has 164 valence electrons. The number of likely N-dealkylation sites (tertiary alicyclic amines) is 1. The van der Waals surface area contributed by atoms with Crippen LogP contribution in [0.15, 0.2) is 41.0 Å². The van der Waals surface area contributed by atoms with Gasteiger partial charge in [-0.3, -0.25) is 24.2 Å². The van der Waals surface area contributed by atoms with Crippen molar-refractivity contribution in [1.82, 2.24) is 14.8 Å². The van der Waals surface area contributed by atoms with Crippen LogP contribution in [0, 0.1) is 12.3 Å². The molecule has 1 saturated carbocycles. The second-order valence-corrected chi connectivity index (χ2v) is 9.34. The van der Waals surface area contributed by atoms with Gasteiger partial charge in [0, 0.05) is 18.0 Å². The Morgan fingerprint density at radius 1 is 1.16 bits per heavy atom. The molecule has 3 unspecified atom stereocenters. The standard InChI is InChI=1S/C22H19BrN4O5/c1-11-6-7-16(23)24-17(11)25-18(28)14-8-22(9-15(22)27(14)21(31)32)10-26-19(29)12-4-2-3-5-13(12)20(26)30/h2-7,14-15H,8-10H2,1H3,(H,31,32)(H,24,25,28). The third-order valence-corrected chi connectivity index (χ3v) is 7.04. The number of carbonyl (C=O) groups is 4. The average Bonchev–Trinajstić information content (AvgIpc) is 3.27. The molecule has 3 atom stereocenters. The molecule has 5 rings (SSSR count). The molecule has 9 nitrogen and oxygen atoms in total. The number of amides is 4. The van der Waals surface area contributed by atoms with Crippen LogP contribution < -0.4 is 5.32 Å².